The van der Waals surface area contributed by atoms with E-state index in [-0.39, 0.29) is 34.6 Å². The van der Waals surface area contributed by atoms with Gasteiger partial charge in [0.05, 0.1) is 27.2 Å². The van der Waals surface area contributed by atoms with E-state index in [9.17, 15) is 23.3 Å². The second-order valence-electron chi connectivity index (χ2n) is 16.2. The number of anilines is 2. The van der Waals surface area contributed by atoms with E-state index < -0.39 is 31.4 Å². The van der Waals surface area contributed by atoms with Crippen LogP contribution in [0.2, 0.25) is 5.02 Å². The van der Waals surface area contributed by atoms with E-state index in [1.54, 1.807) is 30.5 Å². The van der Waals surface area contributed by atoms with Gasteiger partial charge in [-0.15, -0.1) is 0 Å². The number of pyridine rings is 1. The zero-order chi connectivity index (χ0) is 41.3. The van der Waals surface area contributed by atoms with Crippen molar-refractivity contribution in [3.8, 4) is 11.5 Å². The molecule has 0 bridgehead atoms. The molecule has 310 valence electrons. The number of nitro benzene ring substituents is 1. The van der Waals surface area contributed by atoms with Crippen molar-refractivity contribution in [3.05, 3.63) is 111 Å². The van der Waals surface area contributed by atoms with E-state index in [1.165, 1.54) is 29.5 Å². The van der Waals surface area contributed by atoms with Gasteiger partial charge < -0.3 is 24.7 Å². The number of amides is 1. The number of nitro groups is 1. The van der Waals surface area contributed by atoms with Crippen molar-refractivity contribution in [1.82, 2.24) is 19.6 Å². The van der Waals surface area contributed by atoms with Crippen LogP contribution in [0, 0.1) is 16.0 Å². The van der Waals surface area contributed by atoms with E-state index in [0.717, 1.165) is 86.9 Å². The van der Waals surface area contributed by atoms with Crippen LogP contribution >= 0.6 is 11.6 Å². The number of aromatic amines is 1. The summed E-state index contributed by atoms with van der Waals surface area (Å²) in [5.74, 6) is -0.253. The predicted molar refractivity (Wildman–Crippen MR) is 227 cm³/mol. The van der Waals surface area contributed by atoms with Gasteiger partial charge in [0.15, 0.2) is 0 Å². The van der Waals surface area contributed by atoms with Crippen molar-refractivity contribution < 1.29 is 27.6 Å². The van der Waals surface area contributed by atoms with Gasteiger partial charge in [0.25, 0.3) is 21.6 Å². The Balaban J connectivity index is 1.02. The first-order chi connectivity index (χ1) is 28.3. The number of piperazine rings is 1. The molecule has 16 heteroatoms. The first-order valence-corrected chi connectivity index (χ1v) is 21.9. The highest BCUT2D eigenvalue weighted by molar-refractivity contribution is 7.90. The lowest BCUT2D eigenvalue weighted by atomic mass is 9.88. The van der Waals surface area contributed by atoms with Gasteiger partial charge in [0.2, 0.25) is 0 Å². The summed E-state index contributed by atoms with van der Waals surface area (Å²) in [6.45, 7) is 8.15. The molecule has 0 saturated carbocycles. The van der Waals surface area contributed by atoms with E-state index in [1.807, 2.05) is 32.0 Å². The van der Waals surface area contributed by atoms with Gasteiger partial charge in [-0.1, -0.05) is 30.2 Å². The van der Waals surface area contributed by atoms with Gasteiger partial charge in [-0.2, -0.15) is 0 Å². The molecule has 0 spiro atoms. The van der Waals surface area contributed by atoms with Crippen LogP contribution < -0.4 is 19.7 Å². The lowest BCUT2D eigenvalue weighted by Crippen LogP contribution is -2.47. The maximum Gasteiger partial charge on any atom is 0.293 e. The van der Waals surface area contributed by atoms with Crippen LogP contribution in [-0.2, 0) is 21.2 Å². The summed E-state index contributed by atoms with van der Waals surface area (Å²) in [5.41, 5.74) is 3.47. The van der Waals surface area contributed by atoms with Crippen LogP contribution in [0.5, 0.6) is 11.5 Å². The fourth-order valence-electron chi connectivity index (χ4n) is 8.70. The Kier molecular flexibility index (Phi) is 11.5. The Hall–Kier alpha value is -5.22. The number of nitrogens with one attached hydrogen (secondary N) is 3. The Morgan fingerprint density at radius 3 is 2.69 bits per heavy atom. The average molecular weight is 842 g/mol. The molecule has 0 radical (unpaired) electrons. The molecular formula is C43H48ClN7O7S. The lowest BCUT2D eigenvalue weighted by molar-refractivity contribution is -0.384. The third kappa shape index (κ3) is 9.03. The third-order valence-electron chi connectivity index (χ3n) is 11.7. The summed E-state index contributed by atoms with van der Waals surface area (Å²) >= 11 is 6.65. The van der Waals surface area contributed by atoms with Crippen molar-refractivity contribution in [2.24, 2.45) is 5.92 Å². The molecule has 1 unspecified atom stereocenters. The van der Waals surface area contributed by atoms with Gasteiger partial charge in [-0.3, -0.25) is 19.8 Å². The number of carbonyl (C=O) groups excluding carboxylic acids is 1. The number of hydrogen-bond donors (Lipinski definition) is 3. The number of carbonyl (C=O) groups is 1. The van der Waals surface area contributed by atoms with E-state index in [2.05, 4.69) is 35.9 Å². The van der Waals surface area contributed by atoms with Crippen LogP contribution in [0.3, 0.4) is 0 Å². The van der Waals surface area contributed by atoms with Gasteiger partial charge in [-0.05, 0) is 105 Å². The summed E-state index contributed by atoms with van der Waals surface area (Å²) in [7, 11) is -4.56. The Bertz CT molecular complexity index is 2490. The average Bonchev–Trinajstić information content (AvgIpc) is 3.57. The summed E-state index contributed by atoms with van der Waals surface area (Å²) in [4.78, 5) is 37.2. The second-order valence-corrected chi connectivity index (χ2v) is 18.3. The molecule has 2 atom stereocenters. The van der Waals surface area contributed by atoms with E-state index >= 15 is 0 Å². The molecule has 8 rings (SSSR count). The van der Waals surface area contributed by atoms with Crippen LogP contribution in [-0.4, -0.2) is 79.0 Å². The summed E-state index contributed by atoms with van der Waals surface area (Å²) in [6.07, 6.45) is 9.17. The number of halogens is 1. The number of benzene rings is 3. The van der Waals surface area contributed by atoms with Crippen molar-refractivity contribution >= 4 is 55.6 Å². The molecule has 3 aliphatic rings. The molecule has 4 heterocycles. The molecule has 1 aliphatic carbocycles. The zero-order valence-electron chi connectivity index (χ0n) is 33.1. The smallest absolute Gasteiger partial charge is 0.293 e. The highest BCUT2D eigenvalue weighted by atomic mass is 35.5. The van der Waals surface area contributed by atoms with Gasteiger partial charge in [-0.25, -0.2) is 18.1 Å². The highest BCUT2D eigenvalue weighted by Crippen LogP contribution is 2.38. The van der Waals surface area contributed by atoms with Crippen LogP contribution in [0.15, 0.2) is 84.0 Å². The van der Waals surface area contributed by atoms with E-state index in [4.69, 9.17) is 21.1 Å². The Morgan fingerprint density at radius 1 is 1.07 bits per heavy atom. The zero-order valence-corrected chi connectivity index (χ0v) is 34.7. The first-order valence-electron chi connectivity index (χ1n) is 20.1. The monoisotopic (exact) mass is 841 g/mol. The largest absolute Gasteiger partial charge is 0.455 e. The maximum atomic E-state index is 13.9. The fraction of sp³-hybridized carbons (Fsp3) is 0.395. The Morgan fingerprint density at radius 2 is 1.90 bits per heavy atom. The van der Waals surface area contributed by atoms with Crippen LogP contribution in [0.25, 0.3) is 11.0 Å². The van der Waals surface area contributed by atoms with Gasteiger partial charge >= 0.3 is 0 Å². The minimum absolute atomic E-state index is 0.0377. The molecule has 2 aliphatic heterocycles. The molecule has 2 aromatic heterocycles. The number of nitrogens with zero attached hydrogens (tertiary/aromatic N) is 4. The summed E-state index contributed by atoms with van der Waals surface area (Å²) < 4.78 is 41.6. The topological polar surface area (TPSA) is 172 Å². The van der Waals surface area contributed by atoms with Crippen molar-refractivity contribution in [1.29, 1.82) is 0 Å². The normalized spacial score (nSPS) is 19.7. The molecule has 1 amide bonds. The third-order valence-corrected chi connectivity index (χ3v) is 13.4. The minimum atomic E-state index is -4.56. The van der Waals surface area contributed by atoms with E-state index in [0.29, 0.717) is 24.5 Å². The summed E-state index contributed by atoms with van der Waals surface area (Å²) in [6, 6.07) is 18.8. The van der Waals surface area contributed by atoms with Crippen LogP contribution in [0.1, 0.15) is 73.5 Å². The molecular weight excluding hydrogens is 794 g/mol. The van der Waals surface area contributed by atoms with Crippen molar-refractivity contribution in [3.63, 3.8) is 0 Å². The molecule has 3 N–H and O–H groups in total. The lowest BCUT2D eigenvalue weighted by Gasteiger charge is -2.40. The molecule has 59 heavy (non-hydrogen) atoms. The first kappa shape index (κ1) is 40.6. The van der Waals surface area contributed by atoms with Crippen molar-refractivity contribution in [2.75, 3.05) is 49.5 Å². The number of hydrogen-bond acceptors (Lipinski definition) is 11. The molecule has 2 fully saturated rings. The van der Waals surface area contributed by atoms with Gasteiger partial charge in [0, 0.05) is 79.8 Å². The van der Waals surface area contributed by atoms with Gasteiger partial charge in [0.1, 0.15) is 22.8 Å². The fourth-order valence-corrected chi connectivity index (χ4v) is 9.96. The SMILES string of the molecule is CC1(C)CC(CNc2ccc(S(=O)(=O)NC(=O)c3ccc(N4CCN([C@@H]5CCCCc6c(Cl)cccc65)CC4)cc3Oc3cnc4[nH]ccc4c3)cc2[N+](=O)[O-])CCO1. The minimum Gasteiger partial charge on any atom is -0.455 e. The standard InChI is InChI=1S/C43H48ClN7O7S/c1-43(2)25-28(15-21-57-43)26-46-37-13-11-32(24-39(37)51(53)54)59(55,56)48-42(52)35-12-10-30(23-40(35)58-31-22-29-14-16-45-41(29)47-27-31)49-17-19-50(20-18-49)38-9-4-3-6-33-34(38)7-5-8-36(33)44/h5,7-8,10-14,16,22-24,27-28,38,46H,3-4,6,9,15,17-21,25-26H2,1-2H3,(H,45,47)(H,48,52)/t28?,38-/m1/s1. The Labute approximate surface area is 348 Å². The quantitative estimate of drug-likeness (QED) is 0.0665. The number of sulfonamides is 1. The predicted octanol–water partition coefficient (Wildman–Crippen LogP) is 8.24. The highest BCUT2D eigenvalue weighted by Gasteiger charge is 2.32. The number of H-pyrrole nitrogens is 1. The van der Waals surface area contributed by atoms with Crippen molar-refractivity contribution in [2.45, 2.75) is 68.9 Å². The molecule has 2 saturated heterocycles. The summed E-state index contributed by atoms with van der Waals surface area (Å²) in [5, 5.41) is 16.9. The molecule has 14 nitrogen and oxygen atoms in total. The number of rotatable bonds is 11. The number of aromatic nitrogens is 2. The second kappa shape index (κ2) is 16.8. The molecule has 3 aromatic carbocycles. The number of ether oxygens (including phenoxy) is 2. The number of fused-ring (bicyclic) bond motifs is 2. The van der Waals surface area contributed by atoms with Crippen LogP contribution in [0.4, 0.5) is 17.1 Å². The molecule has 5 aromatic rings. The maximum absolute atomic E-state index is 13.9.